The van der Waals surface area contributed by atoms with E-state index in [0.29, 0.717) is 16.9 Å². The third kappa shape index (κ3) is 3.65. The second kappa shape index (κ2) is 6.91. The molecule has 0 aliphatic carbocycles. The molecule has 0 atom stereocenters. The quantitative estimate of drug-likeness (QED) is 0.807. The summed E-state index contributed by atoms with van der Waals surface area (Å²) in [4.78, 5) is 18.0. The highest BCUT2D eigenvalue weighted by molar-refractivity contribution is 7.99. The standard InChI is InChI=1S/C15H18N4O2S/c1-11-4-8-19(9-5-11)13(20)10-22-15-18-17-14(21-15)12-2-6-16-7-3-12/h2-3,6-7,11H,4-5,8-10H2,1H3. The monoisotopic (exact) mass is 318 g/mol. The molecule has 0 radical (unpaired) electrons. The molecule has 6 nitrogen and oxygen atoms in total. The zero-order valence-electron chi connectivity index (χ0n) is 12.4. The number of rotatable bonds is 4. The maximum absolute atomic E-state index is 12.2. The zero-order valence-corrected chi connectivity index (χ0v) is 13.3. The number of thioether (sulfide) groups is 1. The normalized spacial score (nSPS) is 16.0. The second-order valence-corrected chi connectivity index (χ2v) is 6.39. The Morgan fingerprint density at radius 2 is 2.05 bits per heavy atom. The highest BCUT2D eigenvalue weighted by Gasteiger charge is 2.21. The van der Waals surface area contributed by atoms with Crippen molar-refractivity contribution in [3.63, 3.8) is 0 Å². The molecule has 3 rings (SSSR count). The average Bonchev–Trinajstić information content (AvgIpc) is 3.03. The van der Waals surface area contributed by atoms with Gasteiger partial charge < -0.3 is 9.32 Å². The van der Waals surface area contributed by atoms with E-state index in [1.165, 1.54) is 11.8 Å². The van der Waals surface area contributed by atoms with Crippen molar-refractivity contribution in [2.24, 2.45) is 5.92 Å². The van der Waals surface area contributed by atoms with Gasteiger partial charge >= 0.3 is 0 Å². The van der Waals surface area contributed by atoms with Gasteiger partial charge in [0.2, 0.25) is 11.8 Å². The van der Waals surface area contributed by atoms with E-state index in [4.69, 9.17) is 4.42 Å². The molecular weight excluding hydrogens is 300 g/mol. The van der Waals surface area contributed by atoms with E-state index < -0.39 is 0 Å². The number of carbonyl (C=O) groups is 1. The summed E-state index contributed by atoms with van der Waals surface area (Å²) in [6.07, 6.45) is 5.52. The number of hydrogen-bond donors (Lipinski definition) is 0. The zero-order chi connectivity index (χ0) is 15.4. The molecule has 1 aliphatic heterocycles. The molecule has 2 aromatic heterocycles. The molecule has 1 fully saturated rings. The first-order chi connectivity index (χ1) is 10.7. The molecule has 0 aromatic carbocycles. The van der Waals surface area contributed by atoms with E-state index in [-0.39, 0.29) is 5.91 Å². The van der Waals surface area contributed by atoms with Gasteiger partial charge in [-0.05, 0) is 30.9 Å². The van der Waals surface area contributed by atoms with Crippen LogP contribution in [0.5, 0.6) is 0 Å². The maximum Gasteiger partial charge on any atom is 0.277 e. The summed E-state index contributed by atoms with van der Waals surface area (Å²) >= 11 is 1.29. The van der Waals surface area contributed by atoms with Crippen LogP contribution in [0.4, 0.5) is 0 Å². The van der Waals surface area contributed by atoms with Crippen LogP contribution in [0.25, 0.3) is 11.5 Å². The summed E-state index contributed by atoms with van der Waals surface area (Å²) in [5.41, 5.74) is 0.825. The van der Waals surface area contributed by atoms with Crippen LogP contribution in [-0.2, 0) is 4.79 Å². The Morgan fingerprint density at radius 1 is 1.32 bits per heavy atom. The van der Waals surface area contributed by atoms with Gasteiger partial charge in [0.1, 0.15) is 0 Å². The van der Waals surface area contributed by atoms with E-state index >= 15 is 0 Å². The van der Waals surface area contributed by atoms with E-state index in [1.54, 1.807) is 12.4 Å². The van der Waals surface area contributed by atoms with Gasteiger partial charge in [-0.15, -0.1) is 10.2 Å². The molecule has 0 bridgehead atoms. The number of carbonyl (C=O) groups excluding carboxylic acids is 1. The van der Waals surface area contributed by atoms with Crippen LogP contribution in [0.3, 0.4) is 0 Å². The van der Waals surface area contributed by atoms with E-state index in [2.05, 4.69) is 22.1 Å². The fourth-order valence-electron chi connectivity index (χ4n) is 2.35. The molecule has 0 spiro atoms. The SMILES string of the molecule is CC1CCN(C(=O)CSc2nnc(-c3ccncc3)o2)CC1. The summed E-state index contributed by atoms with van der Waals surface area (Å²) in [5.74, 6) is 1.65. The fraction of sp³-hybridized carbons (Fsp3) is 0.467. The van der Waals surface area contributed by atoms with E-state index in [9.17, 15) is 4.79 Å². The maximum atomic E-state index is 12.2. The van der Waals surface area contributed by atoms with Gasteiger partial charge in [0.25, 0.3) is 5.22 Å². The van der Waals surface area contributed by atoms with Gasteiger partial charge in [-0.25, -0.2) is 0 Å². The second-order valence-electron chi connectivity index (χ2n) is 5.46. The Kier molecular flexibility index (Phi) is 4.72. The lowest BCUT2D eigenvalue weighted by molar-refractivity contribution is -0.129. The first kappa shape index (κ1) is 15.0. The number of nitrogens with zero attached hydrogens (tertiary/aromatic N) is 4. The van der Waals surface area contributed by atoms with Crippen molar-refractivity contribution in [2.45, 2.75) is 25.0 Å². The average molecular weight is 318 g/mol. The Balaban J connectivity index is 1.54. The number of pyridine rings is 1. The van der Waals surface area contributed by atoms with Crippen molar-refractivity contribution >= 4 is 17.7 Å². The summed E-state index contributed by atoms with van der Waals surface area (Å²) in [6.45, 7) is 3.94. The summed E-state index contributed by atoms with van der Waals surface area (Å²) in [7, 11) is 0. The van der Waals surface area contributed by atoms with Gasteiger partial charge in [0.15, 0.2) is 0 Å². The summed E-state index contributed by atoms with van der Waals surface area (Å²) in [6, 6.07) is 3.62. The molecule has 1 amide bonds. The Morgan fingerprint density at radius 3 is 2.77 bits per heavy atom. The van der Waals surface area contributed by atoms with Gasteiger partial charge in [0, 0.05) is 31.0 Å². The highest BCUT2D eigenvalue weighted by Crippen LogP contribution is 2.23. The van der Waals surface area contributed by atoms with Crippen molar-refractivity contribution in [3.05, 3.63) is 24.5 Å². The lowest BCUT2D eigenvalue weighted by atomic mass is 9.99. The molecule has 116 valence electrons. The van der Waals surface area contributed by atoms with Crippen molar-refractivity contribution in [1.82, 2.24) is 20.1 Å². The minimum absolute atomic E-state index is 0.139. The van der Waals surface area contributed by atoms with Crippen LogP contribution in [-0.4, -0.2) is 44.8 Å². The number of aromatic nitrogens is 3. The van der Waals surface area contributed by atoms with Crippen molar-refractivity contribution in [3.8, 4) is 11.5 Å². The van der Waals surface area contributed by atoms with Crippen LogP contribution in [0, 0.1) is 5.92 Å². The minimum Gasteiger partial charge on any atom is -0.411 e. The van der Waals surface area contributed by atoms with Crippen LogP contribution in [0.15, 0.2) is 34.2 Å². The smallest absolute Gasteiger partial charge is 0.277 e. The number of likely N-dealkylation sites (tertiary alicyclic amines) is 1. The lowest BCUT2D eigenvalue weighted by Gasteiger charge is -2.30. The van der Waals surface area contributed by atoms with Crippen molar-refractivity contribution in [2.75, 3.05) is 18.8 Å². The summed E-state index contributed by atoms with van der Waals surface area (Å²) < 4.78 is 5.57. The van der Waals surface area contributed by atoms with E-state index in [1.807, 2.05) is 17.0 Å². The van der Waals surface area contributed by atoms with Gasteiger partial charge in [-0.3, -0.25) is 9.78 Å². The molecule has 0 N–H and O–H groups in total. The van der Waals surface area contributed by atoms with Gasteiger partial charge in [-0.1, -0.05) is 18.7 Å². The molecule has 22 heavy (non-hydrogen) atoms. The molecule has 2 aromatic rings. The molecule has 1 aliphatic rings. The van der Waals surface area contributed by atoms with Gasteiger partial charge in [-0.2, -0.15) is 0 Å². The lowest BCUT2D eigenvalue weighted by Crippen LogP contribution is -2.38. The molecule has 0 unspecified atom stereocenters. The number of piperidine rings is 1. The number of hydrogen-bond acceptors (Lipinski definition) is 6. The third-order valence-corrected chi connectivity index (χ3v) is 4.59. The first-order valence-electron chi connectivity index (χ1n) is 7.37. The molecule has 0 saturated carbocycles. The molecular formula is C15H18N4O2S. The molecule has 1 saturated heterocycles. The minimum atomic E-state index is 0.139. The van der Waals surface area contributed by atoms with Crippen molar-refractivity contribution < 1.29 is 9.21 Å². The van der Waals surface area contributed by atoms with Crippen LogP contribution in [0.1, 0.15) is 19.8 Å². The third-order valence-electron chi connectivity index (χ3n) is 3.79. The van der Waals surface area contributed by atoms with Gasteiger partial charge in [0.05, 0.1) is 5.75 Å². The first-order valence-corrected chi connectivity index (χ1v) is 8.35. The van der Waals surface area contributed by atoms with Crippen LogP contribution < -0.4 is 0 Å². The predicted molar refractivity (Wildman–Crippen MR) is 83.2 cm³/mol. The highest BCUT2D eigenvalue weighted by atomic mass is 32.2. The Hall–Kier alpha value is -1.89. The predicted octanol–water partition coefficient (Wildman–Crippen LogP) is 2.48. The molecule has 3 heterocycles. The largest absolute Gasteiger partial charge is 0.411 e. The number of amides is 1. The fourth-order valence-corrected chi connectivity index (χ4v) is 3.02. The topological polar surface area (TPSA) is 72.1 Å². The summed E-state index contributed by atoms with van der Waals surface area (Å²) in [5, 5.41) is 8.40. The Bertz CT molecular complexity index is 623. The van der Waals surface area contributed by atoms with Crippen LogP contribution in [0.2, 0.25) is 0 Å². The Labute approximate surface area is 133 Å². The van der Waals surface area contributed by atoms with Crippen molar-refractivity contribution in [1.29, 1.82) is 0 Å². The molecule has 7 heteroatoms. The van der Waals surface area contributed by atoms with E-state index in [0.717, 1.165) is 37.4 Å². The van der Waals surface area contributed by atoms with Crippen LogP contribution >= 0.6 is 11.8 Å².